The Morgan fingerprint density at radius 2 is 1.31 bits per heavy atom. The molecule has 2 aliphatic heterocycles. The van der Waals surface area contributed by atoms with Gasteiger partial charge in [0.1, 0.15) is 0 Å². The minimum absolute atomic E-state index is 0.143. The number of nitrogens with zero attached hydrogens (tertiary/aromatic N) is 1. The molecule has 1 N–H and O–H groups in total. The summed E-state index contributed by atoms with van der Waals surface area (Å²) in [6.45, 7) is 19.2. The topological polar surface area (TPSA) is 17.0 Å². The molecule has 3 aliphatic rings. The Hall–Kier alpha value is -4.24. The molecule has 222 valence electrons. The van der Waals surface area contributed by atoms with Crippen molar-refractivity contribution in [2.45, 2.75) is 78.1 Å². The van der Waals surface area contributed by atoms with Crippen molar-refractivity contribution in [3.8, 4) is 5.69 Å². The predicted molar refractivity (Wildman–Crippen MR) is 194 cm³/mol. The van der Waals surface area contributed by atoms with Crippen molar-refractivity contribution >= 4 is 56.3 Å². The second kappa shape index (κ2) is 8.72. The number of hydrogen-bond acceptors (Lipinski definition) is 1. The van der Waals surface area contributed by atoms with Crippen LogP contribution >= 0.6 is 0 Å². The maximum Gasteiger partial charge on any atom is 0.252 e. The maximum absolute atomic E-state index is 4.08. The van der Waals surface area contributed by atoms with Crippen LogP contribution in [-0.4, -0.2) is 11.3 Å². The molecule has 45 heavy (non-hydrogen) atoms. The van der Waals surface area contributed by atoms with Crippen molar-refractivity contribution in [2.75, 3.05) is 5.32 Å². The van der Waals surface area contributed by atoms with E-state index in [4.69, 9.17) is 0 Å². The van der Waals surface area contributed by atoms with Gasteiger partial charge in [-0.3, -0.25) is 0 Å². The van der Waals surface area contributed by atoms with Crippen molar-refractivity contribution in [3.05, 3.63) is 118 Å². The van der Waals surface area contributed by atoms with Gasteiger partial charge in [0.2, 0.25) is 0 Å². The molecule has 3 heterocycles. The highest BCUT2D eigenvalue weighted by atomic mass is 15.0. The van der Waals surface area contributed by atoms with E-state index in [1.807, 2.05) is 0 Å². The van der Waals surface area contributed by atoms with E-state index in [9.17, 15) is 0 Å². The molecule has 0 unspecified atom stereocenters. The molecule has 1 aromatic heterocycles. The third kappa shape index (κ3) is 3.32. The first-order chi connectivity index (χ1) is 21.5. The Balaban J connectivity index is 1.51. The molecule has 0 bridgehead atoms. The summed E-state index contributed by atoms with van der Waals surface area (Å²) in [7, 11) is 0. The number of hydrogen-bond donors (Lipinski definition) is 1. The number of benzene rings is 5. The Morgan fingerprint density at radius 1 is 0.644 bits per heavy atom. The van der Waals surface area contributed by atoms with Crippen LogP contribution in [0.5, 0.6) is 0 Å². The van der Waals surface area contributed by atoms with Crippen LogP contribution < -0.4 is 21.7 Å². The molecular weight excluding hydrogens is 543 g/mol. The summed E-state index contributed by atoms with van der Waals surface area (Å²) in [5, 5.41) is 6.84. The van der Waals surface area contributed by atoms with Gasteiger partial charge in [0.25, 0.3) is 6.71 Å². The summed E-state index contributed by atoms with van der Waals surface area (Å²) in [5.41, 5.74) is 19.1. The van der Waals surface area contributed by atoms with Crippen LogP contribution in [0.25, 0.3) is 27.5 Å². The van der Waals surface area contributed by atoms with Gasteiger partial charge in [0.15, 0.2) is 0 Å². The lowest BCUT2D eigenvalue weighted by atomic mass is 9.33. The number of rotatable bonds is 2. The van der Waals surface area contributed by atoms with Crippen molar-refractivity contribution in [2.24, 2.45) is 0 Å². The third-order valence-electron chi connectivity index (χ3n) is 11.6. The average Bonchev–Trinajstić information content (AvgIpc) is 3.35. The molecule has 0 atom stereocenters. The summed E-state index contributed by atoms with van der Waals surface area (Å²) in [4.78, 5) is 0. The molecule has 0 radical (unpaired) electrons. The van der Waals surface area contributed by atoms with Gasteiger partial charge in [-0.05, 0) is 91.9 Å². The molecule has 6 aromatic rings. The monoisotopic (exact) mass is 584 g/mol. The highest BCUT2D eigenvalue weighted by Gasteiger charge is 2.48. The molecule has 0 fully saturated rings. The minimum atomic E-state index is -0.157. The summed E-state index contributed by atoms with van der Waals surface area (Å²) in [5.74, 6) is 0.917. The molecule has 0 spiro atoms. The van der Waals surface area contributed by atoms with Gasteiger partial charge in [-0.25, -0.2) is 0 Å². The van der Waals surface area contributed by atoms with Crippen LogP contribution in [0.4, 0.5) is 11.4 Å². The molecule has 0 saturated carbocycles. The Labute approximate surface area is 267 Å². The molecule has 0 amide bonds. The van der Waals surface area contributed by atoms with E-state index in [1.165, 1.54) is 88.6 Å². The van der Waals surface area contributed by atoms with Crippen LogP contribution in [0.15, 0.2) is 84.9 Å². The fraction of sp³-hybridized carbons (Fsp3) is 0.286. The van der Waals surface area contributed by atoms with Crippen LogP contribution in [0.1, 0.15) is 101 Å². The second-order valence-electron chi connectivity index (χ2n) is 15.5. The number of nitrogens with one attached hydrogen (secondary N) is 1. The van der Waals surface area contributed by atoms with Crippen molar-refractivity contribution in [1.82, 2.24) is 4.57 Å². The SMILES string of the molecule is CC(C)c1ccc2c(c1)c1cc(C(C)C)cc3c1n2-c1cc2c(c4c1B3c1ccccc1N4)C(C)(C)c1ccccc1C2(C)C. The Bertz CT molecular complexity index is 2260. The normalized spacial score (nSPS) is 16.4. The lowest BCUT2D eigenvalue weighted by molar-refractivity contribution is 0.522. The summed E-state index contributed by atoms with van der Waals surface area (Å²) in [6.07, 6.45) is 0. The van der Waals surface area contributed by atoms with Gasteiger partial charge < -0.3 is 9.88 Å². The van der Waals surface area contributed by atoms with E-state index in [1.54, 1.807) is 0 Å². The summed E-state index contributed by atoms with van der Waals surface area (Å²) < 4.78 is 2.63. The van der Waals surface area contributed by atoms with Crippen LogP contribution in [0.3, 0.4) is 0 Å². The first kappa shape index (κ1) is 27.1. The average molecular weight is 585 g/mol. The lowest BCUT2D eigenvalue weighted by Gasteiger charge is -2.47. The van der Waals surface area contributed by atoms with Crippen LogP contribution in [0, 0.1) is 0 Å². The lowest BCUT2D eigenvalue weighted by Crippen LogP contribution is -2.60. The van der Waals surface area contributed by atoms with Crippen molar-refractivity contribution in [1.29, 1.82) is 0 Å². The molecule has 0 saturated heterocycles. The zero-order chi connectivity index (χ0) is 31.2. The molecule has 5 aromatic carbocycles. The largest absolute Gasteiger partial charge is 0.356 e. The van der Waals surface area contributed by atoms with Crippen LogP contribution in [-0.2, 0) is 10.8 Å². The van der Waals surface area contributed by atoms with Gasteiger partial charge in [0, 0.05) is 44.2 Å². The van der Waals surface area contributed by atoms with Gasteiger partial charge in [0.05, 0.1) is 5.52 Å². The number of para-hydroxylation sites is 1. The predicted octanol–water partition coefficient (Wildman–Crippen LogP) is 8.88. The van der Waals surface area contributed by atoms with Crippen LogP contribution in [0.2, 0.25) is 0 Å². The number of fused-ring (bicyclic) bond motifs is 10. The quantitative estimate of drug-likeness (QED) is 0.201. The molecule has 9 rings (SSSR count). The van der Waals surface area contributed by atoms with E-state index in [-0.39, 0.29) is 17.5 Å². The van der Waals surface area contributed by atoms with E-state index in [2.05, 4.69) is 150 Å². The van der Waals surface area contributed by atoms with Crippen molar-refractivity contribution in [3.63, 3.8) is 0 Å². The van der Waals surface area contributed by atoms with Gasteiger partial charge in [-0.2, -0.15) is 0 Å². The van der Waals surface area contributed by atoms with E-state index < -0.39 is 0 Å². The zero-order valence-electron chi connectivity index (χ0n) is 27.8. The fourth-order valence-corrected chi connectivity index (χ4v) is 9.14. The number of anilines is 2. The van der Waals surface area contributed by atoms with Gasteiger partial charge >= 0.3 is 0 Å². The summed E-state index contributed by atoms with van der Waals surface area (Å²) in [6, 6.07) is 33.0. The van der Waals surface area contributed by atoms with E-state index in [0.717, 1.165) is 0 Å². The first-order valence-corrected chi connectivity index (χ1v) is 16.8. The molecule has 2 nitrogen and oxygen atoms in total. The highest BCUT2D eigenvalue weighted by molar-refractivity contribution is 7.00. The summed E-state index contributed by atoms with van der Waals surface area (Å²) >= 11 is 0. The molecule has 3 heteroatoms. The van der Waals surface area contributed by atoms with Crippen molar-refractivity contribution < 1.29 is 0 Å². The fourth-order valence-electron chi connectivity index (χ4n) is 9.14. The second-order valence-corrected chi connectivity index (χ2v) is 15.5. The maximum atomic E-state index is 4.08. The Morgan fingerprint density at radius 3 is 2.04 bits per heavy atom. The molecule has 1 aliphatic carbocycles. The third-order valence-corrected chi connectivity index (χ3v) is 11.6. The van der Waals surface area contributed by atoms with Gasteiger partial charge in [-0.1, -0.05) is 110 Å². The Kier molecular flexibility index (Phi) is 5.25. The standard InChI is InChI=1S/C42H41BN2/c1-23(2)25-17-18-35-27(19-25)28-20-26(24(3)4)21-33-40(28)45(35)36-22-31-37(39-38(36)43(33)32-15-11-12-16-34(32)44-39)42(7,8)30-14-10-9-13-29(30)41(31,5)6/h9-24,44H,1-8H3. The minimum Gasteiger partial charge on any atom is -0.356 e. The zero-order valence-corrected chi connectivity index (χ0v) is 27.8. The highest BCUT2D eigenvalue weighted by Crippen LogP contribution is 2.54. The van der Waals surface area contributed by atoms with E-state index in [0.29, 0.717) is 11.8 Å². The van der Waals surface area contributed by atoms with E-state index >= 15 is 0 Å². The van der Waals surface area contributed by atoms with Gasteiger partial charge in [-0.15, -0.1) is 0 Å². The number of aromatic nitrogens is 1. The first-order valence-electron chi connectivity index (χ1n) is 16.8. The molecular formula is C42H41BN2. The smallest absolute Gasteiger partial charge is 0.252 e.